The molecule has 19 heavy (non-hydrogen) atoms. The summed E-state index contributed by atoms with van der Waals surface area (Å²) in [6.45, 7) is 0.252. The Bertz CT molecular complexity index is 583. The predicted octanol–water partition coefficient (Wildman–Crippen LogP) is 3.18. The van der Waals surface area contributed by atoms with E-state index in [0.29, 0.717) is 0 Å². The summed E-state index contributed by atoms with van der Waals surface area (Å²) in [7, 11) is 1.59. The standard InChI is InChI=1S/C14H13NO4/c1-18-12-6-4-5-11(9-12)10-19-14-8-3-2-7-13(14)15(16)17/h2-9H,10H2,1H3. The van der Waals surface area contributed by atoms with E-state index < -0.39 is 4.92 Å². The van der Waals surface area contributed by atoms with E-state index in [0.717, 1.165) is 11.3 Å². The van der Waals surface area contributed by atoms with Gasteiger partial charge in [0, 0.05) is 6.07 Å². The van der Waals surface area contributed by atoms with E-state index in [1.165, 1.54) is 6.07 Å². The maximum Gasteiger partial charge on any atom is 0.310 e. The van der Waals surface area contributed by atoms with Gasteiger partial charge in [-0.2, -0.15) is 0 Å². The molecular formula is C14H13NO4. The van der Waals surface area contributed by atoms with Crippen molar-refractivity contribution >= 4 is 5.69 Å². The minimum Gasteiger partial charge on any atom is -0.497 e. The first-order chi connectivity index (χ1) is 9.20. The third kappa shape index (κ3) is 3.22. The minimum absolute atomic E-state index is 0.0367. The van der Waals surface area contributed by atoms with E-state index in [9.17, 15) is 10.1 Å². The van der Waals surface area contributed by atoms with Crippen LogP contribution in [0.15, 0.2) is 48.5 Å². The van der Waals surface area contributed by atoms with Crippen molar-refractivity contribution in [3.8, 4) is 11.5 Å². The Balaban J connectivity index is 2.12. The third-order valence-electron chi connectivity index (χ3n) is 2.59. The monoisotopic (exact) mass is 259 g/mol. The molecule has 0 heterocycles. The highest BCUT2D eigenvalue weighted by Crippen LogP contribution is 2.26. The molecule has 0 amide bonds. The Morgan fingerprint density at radius 2 is 1.95 bits per heavy atom. The fourth-order valence-corrected chi connectivity index (χ4v) is 1.65. The van der Waals surface area contributed by atoms with Crippen LogP contribution in [0.2, 0.25) is 0 Å². The van der Waals surface area contributed by atoms with Crippen LogP contribution < -0.4 is 9.47 Å². The van der Waals surface area contributed by atoms with E-state index in [1.807, 2.05) is 24.3 Å². The van der Waals surface area contributed by atoms with Gasteiger partial charge in [-0.3, -0.25) is 10.1 Å². The Morgan fingerprint density at radius 3 is 2.68 bits per heavy atom. The van der Waals surface area contributed by atoms with Crippen LogP contribution in [0.4, 0.5) is 5.69 Å². The molecule has 0 atom stereocenters. The topological polar surface area (TPSA) is 61.6 Å². The first kappa shape index (κ1) is 12.9. The summed E-state index contributed by atoms with van der Waals surface area (Å²) in [5, 5.41) is 10.8. The Labute approximate surface area is 110 Å². The minimum atomic E-state index is -0.457. The molecule has 0 N–H and O–H groups in total. The van der Waals surface area contributed by atoms with Gasteiger partial charge in [-0.05, 0) is 23.8 Å². The number of para-hydroxylation sites is 2. The lowest BCUT2D eigenvalue weighted by Gasteiger charge is -2.07. The van der Waals surface area contributed by atoms with E-state index in [4.69, 9.17) is 9.47 Å². The second-order valence-corrected chi connectivity index (χ2v) is 3.87. The quantitative estimate of drug-likeness (QED) is 0.611. The number of nitrogens with zero attached hydrogens (tertiary/aromatic N) is 1. The first-order valence-electron chi connectivity index (χ1n) is 5.70. The lowest BCUT2D eigenvalue weighted by atomic mass is 10.2. The van der Waals surface area contributed by atoms with Gasteiger partial charge in [0.15, 0.2) is 5.75 Å². The zero-order valence-electron chi connectivity index (χ0n) is 10.4. The van der Waals surface area contributed by atoms with Gasteiger partial charge in [-0.25, -0.2) is 0 Å². The van der Waals surface area contributed by atoms with E-state index in [-0.39, 0.29) is 18.0 Å². The number of ether oxygens (including phenoxy) is 2. The molecule has 0 unspecified atom stereocenters. The number of benzene rings is 2. The zero-order valence-corrected chi connectivity index (χ0v) is 10.4. The molecule has 0 aliphatic rings. The highest BCUT2D eigenvalue weighted by molar-refractivity contribution is 5.45. The summed E-state index contributed by atoms with van der Waals surface area (Å²) in [6.07, 6.45) is 0. The Hall–Kier alpha value is -2.56. The highest BCUT2D eigenvalue weighted by atomic mass is 16.6. The van der Waals surface area contributed by atoms with E-state index in [1.54, 1.807) is 25.3 Å². The first-order valence-corrected chi connectivity index (χ1v) is 5.70. The lowest BCUT2D eigenvalue weighted by Crippen LogP contribution is -1.99. The zero-order chi connectivity index (χ0) is 13.7. The lowest BCUT2D eigenvalue weighted by molar-refractivity contribution is -0.385. The summed E-state index contributed by atoms with van der Waals surface area (Å²) < 4.78 is 10.6. The molecule has 2 aromatic rings. The molecule has 0 bridgehead atoms. The largest absolute Gasteiger partial charge is 0.497 e. The second kappa shape index (κ2) is 5.86. The van der Waals surface area contributed by atoms with Crippen molar-refractivity contribution in [1.29, 1.82) is 0 Å². The van der Waals surface area contributed by atoms with Gasteiger partial charge in [-0.15, -0.1) is 0 Å². The summed E-state index contributed by atoms with van der Waals surface area (Å²) in [6, 6.07) is 13.7. The van der Waals surface area contributed by atoms with Gasteiger partial charge in [0.25, 0.3) is 0 Å². The van der Waals surface area contributed by atoms with Gasteiger partial charge in [0.05, 0.1) is 12.0 Å². The van der Waals surface area contributed by atoms with Crippen LogP contribution in [0.3, 0.4) is 0 Å². The Morgan fingerprint density at radius 1 is 1.16 bits per heavy atom. The molecule has 98 valence electrons. The molecule has 0 saturated carbocycles. The van der Waals surface area contributed by atoms with Crippen molar-refractivity contribution in [1.82, 2.24) is 0 Å². The number of methoxy groups -OCH3 is 1. The van der Waals surface area contributed by atoms with Crippen molar-refractivity contribution in [2.75, 3.05) is 7.11 Å². The van der Waals surface area contributed by atoms with Gasteiger partial charge in [0.1, 0.15) is 12.4 Å². The Kier molecular flexibility index (Phi) is 3.97. The van der Waals surface area contributed by atoms with Gasteiger partial charge < -0.3 is 9.47 Å². The average Bonchev–Trinajstić information content (AvgIpc) is 2.45. The fourth-order valence-electron chi connectivity index (χ4n) is 1.65. The third-order valence-corrected chi connectivity index (χ3v) is 2.59. The van der Waals surface area contributed by atoms with E-state index >= 15 is 0 Å². The van der Waals surface area contributed by atoms with Crippen LogP contribution in [0.5, 0.6) is 11.5 Å². The molecule has 2 rings (SSSR count). The van der Waals surface area contributed by atoms with E-state index in [2.05, 4.69) is 0 Å². The molecule has 0 spiro atoms. The molecular weight excluding hydrogens is 246 g/mol. The fraction of sp³-hybridized carbons (Fsp3) is 0.143. The van der Waals surface area contributed by atoms with Gasteiger partial charge >= 0.3 is 5.69 Å². The average molecular weight is 259 g/mol. The summed E-state index contributed by atoms with van der Waals surface area (Å²) in [4.78, 5) is 10.4. The van der Waals surface area contributed by atoms with Crippen LogP contribution >= 0.6 is 0 Å². The molecule has 0 aliphatic carbocycles. The highest BCUT2D eigenvalue weighted by Gasteiger charge is 2.13. The van der Waals surface area contributed by atoms with Crippen LogP contribution in [0.25, 0.3) is 0 Å². The maximum atomic E-state index is 10.8. The number of nitro benzene ring substituents is 1. The molecule has 0 saturated heterocycles. The SMILES string of the molecule is COc1cccc(COc2ccccc2[N+](=O)[O-])c1. The summed E-state index contributed by atoms with van der Waals surface area (Å²) in [5.41, 5.74) is 0.850. The number of hydrogen-bond donors (Lipinski definition) is 0. The van der Waals surface area contributed by atoms with Gasteiger partial charge in [-0.1, -0.05) is 24.3 Å². The van der Waals surface area contributed by atoms with Crippen LogP contribution in [0, 0.1) is 10.1 Å². The summed E-state index contributed by atoms with van der Waals surface area (Å²) in [5.74, 6) is 0.985. The molecule has 5 nitrogen and oxygen atoms in total. The van der Waals surface area contributed by atoms with Crippen LogP contribution in [-0.2, 0) is 6.61 Å². The predicted molar refractivity (Wildman–Crippen MR) is 70.4 cm³/mol. The van der Waals surface area contributed by atoms with Gasteiger partial charge in [0.2, 0.25) is 0 Å². The smallest absolute Gasteiger partial charge is 0.310 e. The molecule has 2 aromatic carbocycles. The number of hydrogen-bond acceptors (Lipinski definition) is 4. The molecule has 5 heteroatoms. The maximum absolute atomic E-state index is 10.8. The molecule has 0 radical (unpaired) electrons. The van der Waals surface area contributed by atoms with Crippen molar-refractivity contribution in [3.05, 3.63) is 64.2 Å². The second-order valence-electron chi connectivity index (χ2n) is 3.87. The summed E-state index contributed by atoms with van der Waals surface area (Å²) >= 11 is 0. The normalized spacial score (nSPS) is 9.95. The van der Waals surface area contributed by atoms with Crippen molar-refractivity contribution in [2.45, 2.75) is 6.61 Å². The molecule has 0 fully saturated rings. The molecule has 0 aliphatic heterocycles. The van der Waals surface area contributed by atoms with Crippen molar-refractivity contribution < 1.29 is 14.4 Å². The number of rotatable bonds is 5. The van der Waals surface area contributed by atoms with Crippen molar-refractivity contribution in [2.24, 2.45) is 0 Å². The van der Waals surface area contributed by atoms with Crippen LogP contribution in [-0.4, -0.2) is 12.0 Å². The van der Waals surface area contributed by atoms with Crippen molar-refractivity contribution in [3.63, 3.8) is 0 Å². The number of nitro groups is 1. The van der Waals surface area contributed by atoms with Crippen LogP contribution in [0.1, 0.15) is 5.56 Å². The molecule has 0 aromatic heterocycles.